The average Bonchev–Trinajstić information content (AvgIpc) is 3.44. The molecule has 8 nitrogen and oxygen atoms in total. The molecule has 2 aromatic heterocycles. The zero-order valence-corrected chi connectivity index (χ0v) is 27.5. The molecule has 0 unspecified atom stereocenters. The first-order valence-electron chi connectivity index (χ1n) is 16.6. The van der Waals surface area contributed by atoms with Crippen LogP contribution in [0.15, 0.2) is 54.9 Å². The minimum absolute atomic E-state index is 0.107. The van der Waals surface area contributed by atoms with Crippen molar-refractivity contribution in [3.8, 4) is 22.3 Å². The summed E-state index contributed by atoms with van der Waals surface area (Å²) in [6, 6.07) is 16.1. The number of likely N-dealkylation sites (tertiary alicyclic amines) is 2. The van der Waals surface area contributed by atoms with E-state index in [1.807, 2.05) is 29.4 Å². The van der Waals surface area contributed by atoms with Gasteiger partial charge in [0.05, 0.1) is 0 Å². The second-order valence-electron chi connectivity index (χ2n) is 13.7. The number of aromatic nitrogens is 2. The molecule has 0 saturated carbocycles. The molecule has 2 aromatic carbocycles. The minimum atomic E-state index is 0.107. The Labute approximate surface area is 267 Å². The maximum absolute atomic E-state index is 13.0. The summed E-state index contributed by atoms with van der Waals surface area (Å²) in [6.07, 6.45) is 6.60. The molecule has 4 aromatic rings. The molecule has 3 fully saturated rings. The molecule has 0 spiro atoms. The number of piperazine rings is 1. The smallest absolute Gasteiger partial charge is 0.253 e. The summed E-state index contributed by atoms with van der Waals surface area (Å²) < 4.78 is 0. The van der Waals surface area contributed by atoms with Crippen molar-refractivity contribution in [1.82, 2.24) is 29.6 Å². The van der Waals surface area contributed by atoms with Crippen LogP contribution in [0.5, 0.6) is 0 Å². The number of hydrogen-bond donors (Lipinski definition) is 1. The van der Waals surface area contributed by atoms with Gasteiger partial charge in [0.2, 0.25) is 0 Å². The van der Waals surface area contributed by atoms with Crippen LogP contribution in [0.25, 0.3) is 33.3 Å². The Morgan fingerprint density at radius 3 is 2.18 bits per heavy atom. The van der Waals surface area contributed by atoms with E-state index < -0.39 is 0 Å². The molecular formula is C37H47N7O. The highest BCUT2D eigenvalue weighted by Crippen LogP contribution is 2.35. The lowest BCUT2D eigenvalue weighted by molar-refractivity contribution is 0.0399. The van der Waals surface area contributed by atoms with Gasteiger partial charge in [-0.1, -0.05) is 12.1 Å². The van der Waals surface area contributed by atoms with Crippen molar-refractivity contribution >= 4 is 22.6 Å². The van der Waals surface area contributed by atoms with Crippen molar-refractivity contribution in [2.75, 3.05) is 78.4 Å². The molecular weight excluding hydrogens is 558 g/mol. The minimum Gasteiger partial charge on any atom is -0.369 e. The van der Waals surface area contributed by atoms with E-state index in [-0.39, 0.29) is 5.91 Å². The number of nitrogens with one attached hydrogen (secondary N) is 1. The van der Waals surface area contributed by atoms with Crippen LogP contribution in [-0.2, 0) is 0 Å². The van der Waals surface area contributed by atoms with Crippen molar-refractivity contribution in [2.24, 2.45) is 0 Å². The van der Waals surface area contributed by atoms with Gasteiger partial charge in [-0.2, -0.15) is 0 Å². The number of piperidine rings is 1. The van der Waals surface area contributed by atoms with Crippen molar-refractivity contribution in [1.29, 1.82) is 0 Å². The molecule has 45 heavy (non-hydrogen) atoms. The summed E-state index contributed by atoms with van der Waals surface area (Å²) in [5.41, 5.74) is 10.2. The Bertz CT molecular complexity index is 1650. The lowest BCUT2D eigenvalue weighted by Gasteiger charge is -2.43. The number of fused-ring (bicyclic) bond motifs is 1. The van der Waals surface area contributed by atoms with Gasteiger partial charge in [0, 0.05) is 91.5 Å². The summed E-state index contributed by atoms with van der Waals surface area (Å²) in [4.78, 5) is 33.0. The van der Waals surface area contributed by atoms with Crippen molar-refractivity contribution in [2.45, 2.75) is 38.8 Å². The number of aryl methyl sites for hydroxylation is 2. The number of rotatable bonds is 6. The van der Waals surface area contributed by atoms with Gasteiger partial charge in [-0.15, -0.1) is 0 Å². The fraction of sp³-hybridized carbons (Fsp3) is 0.459. The number of benzene rings is 2. The third-order valence-electron chi connectivity index (χ3n) is 10.5. The highest BCUT2D eigenvalue weighted by atomic mass is 16.2. The maximum Gasteiger partial charge on any atom is 0.253 e. The number of aromatic amines is 1. The molecule has 1 N–H and O–H groups in total. The fourth-order valence-electron chi connectivity index (χ4n) is 7.61. The van der Waals surface area contributed by atoms with Crippen molar-refractivity contribution in [3.63, 3.8) is 0 Å². The van der Waals surface area contributed by atoms with Crippen LogP contribution in [0.3, 0.4) is 0 Å². The molecule has 7 rings (SSSR count). The molecule has 0 aliphatic carbocycles. The first-order valence-corrected chi connectivity index (χ1v) is 16.6. The Morgan fingerprint density at radius 2 is 1.53 bits per heavy atom. The number of anilines is 1. The van der Waals surface area contributed by atoms with Crippen LogP contribution in [0.1, 0.15) is 34.3 Å². The van der Waals surface area contributed by atoms with Gasteiger partial charge in [-0.3, -0.25) is 9.69 Å². The monoisotopic (exact) mass is 605 g/mol. The highest BCUT2D eigenvalue weighted by molar-refractivity contribution is 5.98. The van der Waals surface area contributed by atoms with E-state index in [0.29, 0.717) is 6.04 Å². The van der Waals surface area contributed by atoms with E-state index in [4.69, 9.17) is 4.98 Å². The number of likely N-dealkylation sites (N-methyl/N-ethyl adjacent to an activating group) is 1. The quantitative estimate of drug-likeness (QED) is 0.330. The van der Waals surface area contributed by atoms with E-state index in [0.717, 1.165) is 78.6 Å². The molecule has 1 amide bonds. The van der Waals surface area contributed by atoms with Crippen LogP contribution in [0.4, 0.5) is 5.69 Å². The Morgan fingerprint density at radius 1 is 0.867 bits per heavy atom. The lowest BCUT2D eigenvalue weighted by Crippen LogP contribution is -2.59. The second-order valence-corrected chi connectivity index (χ2v) is 13.7. The normalized spacial score (nSPS) is 19.1. The van der Waals surface area contributed by atoms with Gasteiger partial charge in [0.15, 0.2) is 0 Å². The van der Waals surface area contributed by atoms with Gasteiger partial charge < -0.3 is 24.6 Å². The highest BCUT2D eigenvalue weighted by Gasteiger charge is 2.32. The molecule has 0 radical (unpaired) electrons. The van der Waals surface area contributed by atoms with E-state index in [9.17, 15) is 4.79 Å². The van der Waals surface area contributed by atoms with E-state index in [1.165, 1.54) is 48.3 Å². The largest absolute Gasteiger partial charge is 0.369 e. The number of carbonyl (C=O) groups excluding carboxylic acids is 1. The third-order valence-corrected chi connectivity index (χ3v) is 10.5. The van der Waals surface area contributed by atoms with Crippen LogP contribution >= 0.6 is 0 Å². The summed E-state index contributed by atoms with van der Waals surface area (Å²) >= 11 is 0. The molecule has 3 saturated heterocycles. The number of amides is 1. The fourth-order valence-corrected chi connectivity index (χ4v) is 7.61. The van der Waals surface area contributed by atoms with Crippen molar-refractivity contribution < 1.29 is 4.79 Å². The van der Waals surface area contributed by atoms with Crippen LogP contribution in [0.2, 0.25) is 0 Å². The third kappa shape index (κ3) is 5.87. The lowest BCUT2D eigenvalue weighted by atomic mass is 9.97. The molecule has 0 bridgehead atoms. The van der Waals surface area contributed by atoms with Crippen LogP contribution < -0.4 is 4.90 Å². The summed E-state index contributed by atoms with van der Waals surface area (Å²) in [6.45, 7) is 13.0. The Hall–Kier alpha value is -3.72. The standard InChI is InChI=1S/C37H47N7O/c1-25-18-29(19-26(2)35(25)43-16-14-42(15-17-43)31-10-12-41(5)13-11-31)30-20-33-34(22-39-36(33)38-21-30)27-6-8-28(9-7-27)37(45)44-23-32(24-44)40(3)4/h6-9,18-22,31-32H,10-17,23-24H2,1-5H3,(H,38,39). The molecule has 3 aliphatic rings. The molecule has 8 heteroatoms. The predicted octanol–water partition coefficient (Wildman–Crippen LogP) is 5.12. The number of hydrogen-bond acceptors (Lipinski definition) is 6. The van der Waals surface area contributed by atoms with E-state index in [1.54, 1.807) is 0 Å². The zero-order valence-electron chi connectivity index (χ0n) is 27.5. The summed E-state index contributed by atoms with van der Waals surface area (Å²) in [5.74, 6) is 0.107. The SMILES string of the molecule is Cc1cc(-c2cnc3[nH]cc(-c4ccc(C(=O)N5CC(N(C)C)C5)cc4)c3c2)cc(C)c1N1CCN(C2CCN(C)CC2)CC1. The molecule has 3 aliphatic heterocycles. The number of carbonyl (C=O) groups is 1. The Balaban J connectivity index is 1.07. The van der Waals surface area contributed by atoms with Gasteiger partial charge in [-0.05, 0) is 114 Å². The molecule has 0 atom stereocenters. The average molecular weight is 606 g/mol. The first-order chi connectivity index (χ1) is 21.7. The predicted molar refractivity (Wildman–Crippen MR) is 184 cm³/mol. The zero-order chi connectivity index (χ0) is 31.2. The van der Waals surface area contributed by atoms with Crippen LogP contribution in [-0.4, -0.2) is 121 Å². The van der Waals surface area contributed by atoms with E-state index >= 15 is 0 Å². The number of H-pyrrole nitrogens is 1. The van der Waals surface area contributed by atoms with Gasteiger partial charge in [-0.25, -0.2) is 4.98 Å². The molecule has 5 heterocycles. The first kappa shape index (κ1) is 30.0. The molecule has 236 valence electrons. The second kappa shape index (κ2) is 12.2. The van der Waals surface area contributed by atoms with Crippen molar-refractivity contribution in [3.05, 3.63) is 71.5 Å². The summed E-state index contributed by atoms with van der Waals surface area (Å²) in [5, 5.41) is 1.09. The number of pyridine rings is 1. The van der Waals surface area contributed by atoms with Gasteiger partial charge in [0.25, 0.3) is 5.91 Å². The number of nitrogens with zero attached hydrogens (tertiary/aromatic N) is 6. The van der Waals surface area contributed by atoms with Gasteiger partial charge >= 0.3 is 0 Å². The van der Waals surface area contributed by atoms with Gasteiger partial charge in [0.1, 0.15) is 5.65 Å². The maximum atomic E-state index is 13.0. The van der Waals surface area contributed by atoms with Crippen LogP contribution in [0, 0.1) is 13.8 Å². The Kier molecular flexibility index (Phi) is 8.14. The van der Waals surface area contributed by atoms with E-state index in [2.05, 4.69) is 89.9 Å². The topological polar surface area (TPSA) is 62.0 Å². The summed E-state index contributed by atoms with van der Waals surface area (Å²) in [7, 11) is 6.38.